The SMILES string of the molecule is Cc1nc2ccccn2c1CCC(=O)Nc1ccc2cn[nH]c2c1. The summed E-state index contributed by atoms with van der Waals surface area (Å²) in [6, 6.07) is 11.6. The second kappa shape index (κ2) is 5.81. The molecule has 0 radical (unpaired) electrons. The van der Waals surface area contributed by atoms with E-state index in [-0.39, 0.29) is 5.91 Å². The van der Waals surface area contributed by atoms with Crippen LogP contribution in [0.3, 0.4) is 0 Å². The molecular formula is C18H17N5O. The molecule has 0 aliphatic heterocycles. The van der Waals surface area contributed by atoms with E-state index >= 15 is 0 Å². The Morgan fingerprint density at radius 2 is 2.21 bits per heavy atom. The summed E-state index contributed by atoms with van der Waals surface area (Å²) < 4.78 is 2.04. The van der Waals surface area contributed by atoms with E-state index in [1.54, 1.807) is 6.20 Å². The van der Waals surface area contributed by atoms with E-state index in [0.717, 1.165) is 33.6 Å². The molecule has 0 spiro atoms. The first-order valence-corrected chi connectivity index (χ1v) is 7.86. The van der Waals surface area contributed by atoms with E-state index in [1.807, 2.05) is 53.9 Å². The Bertz CT molecular complexity index is 1030. The lowest BCUT2D eigenvalue weighted by atomic mass is 10.2. The molecule has 6 nitrogen and oxygen atoms in total. The number of nitrogens with zero attached hydrogens (tertiary/aromatic N) is 3. The van der Waals surface area contributed by atoms with E-state index < -0.39 is 0 Å². The van der Waals surface area contributed by atoms with Crippen molar-refractivity contribution < 1.29 is 4.79 Å². The molecule has 0 unspecified atom stereocenters. The molecule has 1 amide bonds. The van der Waals surface area contributed by atoms with Crippen molar-refractivity contribution in [3.8, 4) is 0 Å². The van der Waals surface area contributed by atoms with E-state index in [4.69, 9.17) is 0 Å². The van der Waals surface area contributed by atoms with Crippen LogP contribution in [-0.4, -0.2) is 25.5 Å². The highest BCUT2D eigenvalue weighted by Gasteiger charge is 2.11. The number of aromatic amines is 1. The van der Waals surface area contributed by atoms with E-state index in [1.165, 1.54) is 0 Å². The van der Waals surface area contributed by atoms with Gasteiger partial charge in [0.25, 0.3) is 0 Å². The number of aryl methyl sites for hydroxylation is 2. The Kier molecular flexibility index (Phi) is 3.49. The van der Waals surface area contributed by atoms with Gasteiger partial charge in [0.2, 0.25) is 5.91 Å². The molecule has 2 N–H and O–H groups in total. The van der Waals surface area contributed by atoms with Crippen LogP contribution in [0.4, 0.5) is 5.69 Å². The molecule has 0 atom stereocenters. The molecular weight excluding hydrogens is 302 g/mol. The number of benzene rings is 1. The third-order valence-corrected chi connectivity index (χ3v) is 4.14. The molecule has 0 aliphatic carbocycles. The van der Waals surface area contributed by atoms with Gasteiger partial charge < -0.3 is 9.72 Å². The van der Waals surface area contributed by atoms with E-state index in [2.05, 4.69) is 20.5 Å². The average molecular weight is 319 g/mol. The number of amides is 1. The number of hydrogen-bond donors (Lipinski definition) is 2. The van der Waals surface area contributed by atoms with Gasteiger partial charge in [0.1, 0.15) is 5.65 Å². The predicted octanol–water partition coefficient (Wildman–Crippen LogP) is 3.09. The fraction of sp³-hybridized carbons (Fsp3) is 0.167. The first kappa shape index (κ1) is 14.4. The summed E-state index contributed by atoms with van der Waals surface area (Å²) in [5, 5.41) is 10.8. The minimum absolute atomic E-state index is 0.0147. The summed E-state index contributed by atoms with van der Waals surface area (Å²) in [6.07, 6.45) is 4.79. The second-order valence-electron chi connectivity index (χ2n) is 5.79. The van der Waals surface area contributed by atoms with Gasteiger partial charge in [-0.15, -0.1) is 0 Å². The van der Waals surface area contributed by atoms with Gasteiger partial charge in [0, 0.05) is 29.4 Å². The highest BCUT2D eigenvalue weighted by molar-refractivity contribution is 5.93. The van der Waals surface area contributed by atoms with Crippen LogP contribution in [0.25, 0.3) is 16.6 Å². The molecule has 4 aromatic rings. The van der Waals surface area contributed by atoms with Crippen molar-refractivity contribution in [2.24, 2.45) is 0 Å². The number of carbonyl (C=O) groups excluding carboxylic acids is 1. The molecule has 3 aromatic heterocycles. The van der Waals surface area contributed by atoms with Crippen molar-refractivity contribution >= 4 is 28.1 Å². The average Bonchev–Trinajstić information content (AvgIpc) is 3.16. The van der Waals surface area contributed by atoms with Crippen LogP contribution in [0.5, 0.6) is 0 Å². The van der Waals surface area contributed by atoms with Gasteiger partial charge >= 0.3 is 0 Å². The van der Waals surface area contributed by atoms with Gasteiger partial charge in [-0.1, -0.05) is 6.07 Å². The minimum atomic E-state index is -0.0147. The predicted molar refractivity (Wildman–Crippen MR) is 93.0 cm³/mol. The fourth-order valence-electron chi connectivity index (χ4n) is 2.94. The third kappa shape index (κ3) is 2.62. The lowest BCUT2D eigenvalue weighted by Crippen LogP contribution is -2.13. The quantitative estimate of drug-likeness (QED) is 0.607. The fourth-order valence-corrected chi connectivity index (χ4v) is 2.94. The number of imidazole rings is 1. The van der Waals surface area contributed by atoms with E-state index in [9.17, 15) is 4.79 Å². The molecule has 0 bridgehead atoms. The monoisotopic (exact) mass is 319 g/mol. The molecule has 0 aliphatic rings. The number of H-pyrrole nitrogens is 1. The number of anilines is 1. The van der Waals surface area contributed by atoms with Gasteiger partial charge in [0.05, 0.1) is 17.4 Å². The van der Waals surface area contributed by atoms with Crippen LogP contribution in [0, 0.1) is 6.92 Å². The number of nitrogens with one attached hydrogen (secondary N) is 2. The zero-order valence-corrected chi connectivity index (χ0v) is 13.3. The Labute approximate surface area is 138 Å². The topological polar surface area (TPSA) is 75.1 Å². The number of aromatic nitrogens is 4. The van der Waals surface area contributed by atoms with Gasteiger partial charge in [-0.05, 0) is 43.7 Å². The second-order valence-corrected chi connectivity index (χ2v) is 5.79. The van der Waals surface area contributed by atoms with Crippen molar-refractivity contribution in [2.75, 3.05) is 5.32 Å². The standard InChI is InChI=1S/C18H17N5O/c1-12-16(23-9-3-2-4-17(23)20-12)7-8-18(24)21-14-6-5-13-11-19-22-15(13)10-14/h2-6,9-11H,7-8H2,1H3,(H,19,22)(H,21,24). The smallest absolute Gasteiger partial charge is 0.224 e. The summed E-state index contributed by atoms with van der Waals surface area (Å²) in [6.45, 7) is 1.98. The Morgan fingerprint density at radius 3 is 3.12 bits per heavy atom. The Hall–Kier alpha value is -3.15. The summed E-state index contributed by atoms with van der Waals surface area (Å²) >= 11 is 0. The van der Waals surface area contributed by atoms with Crippen molar-refractivity contribution in [3.05, 3.63) is 60.2 Å². The first-order chi connectivity index (χ1) is 11.7. The maximum Gasteiger partial charge on any atom is 0.224 e. The molecule has 120 valence electrons. The molecule has 4 rings (SSSR count). The maximum absolute atomic E-state index is 12.3. The van der Waals surface area contributed by atoms with Crippen molar-refractivity contribution in [1.29, 1.82) is 0 Å². The van der Waals surface area contributed by atoms with Crippen LogP contribution in [-0.2, 0) is 11.2 Å². The van der Waals surface area contributed by atoms with Gasteiger partial charge in [-0.2, -0.15) is 5.10 Å². The molecule has 0 saturated carbocycles. The molecule has 0 fully saturated rings. The number of pyridine rings is 1. The minimum Gasteiger partial charge on any atom is -0.326 e. The zero-order valence-electron chi connectivity index (χ0n) is 13.3. The van der Waals surface area contributed by atoms with Crippen LogP contribution < -0.4 is 5.32 Å². The zero-order chi connectivity index (χ0) is 16.5. The van der Waals surface area contributed by atoms with Crippen LogP contribution in [0.1, 0.15) is 17.8 Å². The van der Waals surface area contributed by atoms with Crippen molar-refractivity contribution in [2.45, 2.75) is 19.8 Å². The summed E-state index contributed by atoms with van der Waals surface area (Å²) in [4.78, 5) is 16.8. The molecule has 6 heteroatoms. The van der Waals surface area contributed by atoms with E-state index in [0.29, 0.717) is 12.8 Å². The summed E-state index contributed by atoms with van der Waals surface area (Å²) in [5.74, 6) is -0.0147. The lowest BCUT2D eigenvalue weighted by molar-refractivity contribution is -0.116. The Morgan fingerprint density at radius 1 is 1.29 bits per heavy atom. The number of fused-ring (bicyclic) bond motifs is 2. The number of carbonyl (C=O) groups is 1. The number of hydrogen-bond acceptors (Lipinski definition) is 3. The molecule has 3 heterocycles. The number of rotatable bonds is 4. The lowest BCUT2D eigenvalue weighted by Gasteiger charge is -2.06. The van der Waals surface area contributed by atoms with Gasteiger partial charge in [0.15, 0.2) is 0 Å². The molecule has 0 saturated heterocycles. The Balaban J connectivity index is 1.46. The summed E-state index contributed by atoms with van der Waals surface area (Å²) in [5.41, 5.74) is 4.63. The highest BCUT2D eigenvalue weighted by Crippen LogP contribution is 2.18. The highest BCUT2D eigenvalue weighted by atomic mass is 16.1. The van der Waals surface area contributed by atoms with Crippen LogP contribution >= 0.6 is 0 Å². The van der Waals surface area contributed by atoms with Gasteiger partial charge in [-0.3, -0.25) is 9.89 Å². The third-order valence-electron chi connectivity index (χ3n) is 4.14. The molecule has 1 aromatic carbocycles. The normalized spacial score (nSPS) is 11.2. The molecule has 24 heavy (non-hydrogen) atoms. The first-order valence-electron chi connectivity index (χ1n) is 7.86. The van der Waals surface area contributed by atoms with Gasteiger partial charge in [-0.25, -0.2) is 4.98 Å². The van der Waals surface area contributed by atoms with Crippen LogP contribution in [0.15, 0.2) is 48.8 Å². The van der Waals surface area contributed by atoms with Crippen molar-refractivity contribution in [1.82, 2.24) is 19.6 Å². The maximum atomic E-state index is 12.3. The largest absolute Gasteiger partial charge is 0.326 e. The van der Waals surface area contributed by atoms with Crippen LogP contribution in [0.2, 0.25) is 0 Å². The summed E-state index contributed by atoms with van der Waals surface area (Å²) in [7, 11) is 0. The van der Waals surface area contributed by atoms with Crippen molar-refractivity contribution in [3.63, 3.8) is 0 Å².